The van der Waals surface area contributed by atoms with Crippen LogP contribution in [0.1, 0.15) is 21.5 Å². The Hall–Kier alpha value is -4.27. The van der Waals surface area contributed by atoms with Gasteiger partial charge in [-0.05, 0) is 36.2 Å². The first kappa shape index (κ1) is 19.1. The maximum atomic E-state index is 12.4. The van der Waals surface area contributed by atoms with Crippen molar-refractivity contribution in [2.45, 2.75) is 6.42 Å². The van der Waals surface area contributed by atoms with Gasteiger partial charge < -0.3 is 21.8 Å². The SMILES string of the molecule is N=C(N)c1c[nH]c2ccc(CCNC(=O)c3ccc(-c4cnc(N)nn4)cc3)cc12. The zero-order valence-corrected chi connectivity index (χ0v) is 16.0. The van der Waals surface area contributed by atoms with Crippen LogP contribution in [-0.4, -0.2) is 38.5 Å². The molecule has 4 aromatic rings. The molecule has 1 amide bonds. The van der Waals surface area contributed by atoms with Crippen LogP contribution in [0.15, 0.2) is 54.9 Å². The van der Waals surface area contributed by atoms with Crippen molar-refractivity contribution in [3.63, 3.8) is 0 Å². The van der Waals surface area contributed by atoms with Crippen LogP contribution in [0.25, 0.3) is 22.2 Å². The van der Waals surface area contributed by atoms with Crippen molar-refractivity contribution < 1.29 is 4.79 Å². The summed E-state index contributed by atoms with van der Waals surface area (Å²) in [6, 6.07) is 13.0. The summed E-state index contributed by atoms with van der Waals surface area (Å²) in [5, 5.41) is 19.2. The predicted octanol–water partition coefficient (Wildman–Crippen LogP) is 1.86. The molecule has 0 bridgehead atoms. The number of H-pyrrole nitrogens is 1. The number of nitrogens with one attached hydrogen (secondary N) is 3. The van der Waals surface area contributed by atoms with Crippen molar-refractivity contribution in [2.24, 2.45) is 5.73 Å². The molecule has 0 fully saturated rings. The molecule has 0 aliphatic carbocycles. The summed E-state index contributed by atoms with van der Waals surface area (Å²) >= 11 is 0. The number of aromatic nitrogens is 4. The topological polar surface area (TPSA) is 159 Å². The smallest absolute Gasteiger partial charge is 0.251 e. The maximum Gasteiger partial charge on any atom is 0.251 e. The van der Waals surface area contributed by atoms with Crippen LogP contribution < -0.4 is 16.8 Å². The molecule has 0 atom stereocenters. The number of hydrogen-bond acceptors (Lipinski definition) is 6. The Bertz CT molecular complexity index is 1210. The van der Waals surface area contributed by atoms with E-state index in [1.165, 1.54) is 6.20 Å². The number of rotatable bonds is 6. The van der Waals surface area contributed by atoms with Gasteiger partial charge in [-0.2, -0.15) is 0 Å². The molecular weight excluding hydrogens is 380 g/mol. The van der Waals surface area contributed by atoms with E-state index in [2.05, 4.69) is 25.5 Å². The van der Waals surface area contributed by atoms with Crippen LogP contribution in [0.2, 0.25) is 0 Å². The van der Waals surface area contributed by atoms with Crippen molar-refractivity contribution in [1.29, 1.82) is 5.41 Å². The number of amides is 1. The zero-order valence-electron chi connectivity index (χ0n) is 16.0. The van der Waals surface area contributed by atoms with Crippen molar-refractivity contribution in [3.8, 4) is 11.3 Å². The molecule has 0 radical (unpaired) electrons. The minimum atomic E-state index is -0.157. The van der Waals surface area contributed by atoms with Gasteiger partial charge in [0.15, 0.2) is 0 Å². The average Bonchev–Trinajstić information content (AvgIpc) is 3.18. The molecule has 4 rings (SSSR count). The number of amidine groups is 1. The average molecular weight is 400 g/mol. The first-order valence-corrected chi connectivity index (χ1v) is 9.29. The van der Waals surface area contributed by atoms with Crippen LogP contribution >= 0.6 is 0 Å². The van der Waals surface area contributed by atoms with Gasteiger partial charge in [-0.3, -0.25) is 10.2 Å². The zero-order chi connectivity index (χ0) is 21.1. The largest absolute Gasteiger partial charge is 0.384 e. The molecule has 0 spiro atoms. The van der Waals surface area contributed by atoms with E-state index in [1.807, 2.05) is 18.2 Å². The maximum absolute atomic E-state index is 12.4. The molecule has 30 heavy (non-hydrogen) atoms. The van der Waals surface area contributed by atoms with E-state index in [0.717, 1.165) is 22.0 Å². The fourth-order valence-corrected chi connectivity index (χ4v) is 3.18. The van der Waals surface area contributed by atoms with Gasteiger partial charge in [-0.15, -0.1) is 10.2 Å². The third-order valence-corrected chi connectivity index (χ3v) is 4.76. The van der Waals surface area contributed by atoms with Crippen molar-refractivity contribution in [1.82, 2.24) is 25.5 Å². The van der Waals surface area contributed by atoms with Gasteiger partial charge in [0.1, 0.15) is 11.5 Å². The minimum absolute atomic E-state index is 0.0240. The summed E-state index contributed by atoms with van der Waals surface area (Å²) < 4.78 is 0. The van der Waals surface area contributed by atoms with Gasteiger partial charge in [0, 0.05) is 40.3 Å². The Morgan fingerprint density at radius 1 is 1.13 bits per heavy atom. The predicted molar refractivity (Wildman–Crippen MR) is 115 cm³/mol. The van der Waals surface area contributed by atoms with Crippen LogP contribution in [0.4, 0.5) is 5.95 Å². The highest BCUT2D eigenvalue weighted by Gasteiger charge is 2.09. The van der Waals surface area contributed by atoms with E-state index in [-0.39, 0.29) is 17.7 Å². The number of nitrogens with two attached hydrogens (primary N) is 2. The van der Waals surface area contributed by atoms with E-state index in [0.29, 0.717) is 29.8 Å². The first-order valence-electron chi connectivity index (χ1n) is 9.29. The molecule has 0 saturated carbocycles. The number of benzene rings is 2. The number of nitrogens with zero attached hydrogens (tertiary/aromatic N) is 3. The lowest BCUT2D eigenvalue weighted by Crippen LogP contribution is -2.25. The van der Waals surface area contributed by atoms with Crippen LogP contribution in [-0.2, 0) is 6.42 Å². The number of carbonyl (C=O) groups excluding carboxylic acids is 1. The Balaban J connectivity index is 1.38. The molecule has 0 saturated heterocycles. The van der Waals surface area contributed by atoms with Gasteiger partial charge in [-0.25, -0.2) is 4.98 Å². The number of nitrogen functional groups attached to an aromatic ring is 2. The first-order chi connectivity index (χ1) is 14.5. The van der Waals surface area contributed by atoms with E-state index >= 15 is 0 Å². The summed E-state index contributed by atoms with van der Waals surface area (Å²) in [6.07, 6.45) is 3.93. The van der Waals surface area contributed by atoms with Gasteiger partial charge >= 0.3 is 0 Å². The van der Waals surface area contributed by atoms with E-state index in [4.69, 9.17) is 16.9 Å². The second-order valence-electron chi connectivity index (χ2n) is 6.78. The molecule has 2 heterocycles. The normalized spacial score (nSPS) is 10.8. The van der Waals surface area contributed by atoms with Crippen molar-refractivity contribution in [3.05, 3.63) is 71.5 Å². The number of carbonyl (C=O) groups is 1. The van der Waals surface area contributed by atoms with E-state index in [9.17, 15) is 4.79 Å². The van der Waals surface area contributed by atoms with Gasteiger partial charge in [-0.1, -0.05) is 18.2 Å². The Labute approximate surface area is 172 Å². The Morgan fingerprint density at radius 2 is 1.93 bits per heavy atom. The van der Waals surface area contributed by atoms with Gasteiger partial charge in [0.05, 0.1) is 6.20 Å². The molecular formula is C21H20N8O. The molecule has 150 valence electrons. The van der Waals surface area contributed by atoms with E-state index < -0.39 is 0 Å². The lowest BCUT2D eigenvalue weighted by Gasteiger charge is -2.07. The quantitative estimate of drug-likeness (QED) is 0.245. The molecule has 2 aromatic heterocycles. The third kappa shape index (κ3) is 3.95. The summed E-state index contributed by atoms with van der Waals surface area (Å²) in [5.41, 5.74) is 15.7. The second kappa shape index (κ2) is 8.00. The monoisotopic (exact) mass is 400 g/mol. The highest BCUT2D eigenvalue weighted by molar-refractivity contribution is 6.07. The molecule has 7 N–H and O–H groups in total. The van der Waals surface area contributed by atoms with Crippen molar-refractivity contribution >= 4 is 28.6 Å². The Kier molecular flexibility index (Phi) is 5.08. The number of hydrogen-bond donors (Lipinski definition) is 5. The van der Waals surface area contributed by atoms with Crippen LogP contribution in [0, 0.1) is 5.41 Å². The Morgan fingerprint density at radius 3 is 2.63 bits per heavy atom. The molecule has 9 heteroatoms. The summed E-state index contributed by atoms with van der Waals surface area (Å²) in [6.45, 7) is 0.485. The molecule has 9 nitrogen and oxygen atoms in total. The van der Waals surface area contributed by atoms with E-state index in [1.54, 1.807) is 30.5 Å². The molecule has 2 aromatic carbocycles. The molecule has 0 aliphatic rings. The third-order valence-electron chi connectivity index (χ3n) is 4.76. The highest BCUT2D eigenvalue weighted by atomic mass is 16.1. The molecule has 0 aliphatic heterocycles. The lowest BCUT2D eigenvalue weighted by molar-refractivity contribution is 0.0954. The van der Waals surface area contributed by atoms with Gasteiger partial charge in [0.25, 0.3) is 5.91 Å². The summed E-state index contributed by atoms with van der Waals surface area (Å²) in [4.78, 5) is 19.4. The second-order valence-corrected chi connectivity index (χ2v) is 6.78. The number of aromatic amines is 1. The summed E-state index contributed by atoms with van der Waals surface area (Å²) in [5.74, 6) is -0.0194. The van der Waals surface area contributed by atoms with Crippen LogP contribution in [0.3, 0.4) is 0 Å². The minimum Gasteiger partial charge on any atom is -0.384 e. The van der Waals surface area contributed by atoms with Crippen LogP contribution in [0.5, 0.6) is 0 Å². The highest BCUT2D eigenvalue weighted by Crippen LogP contribution is 2.20. The fraction of sp³-hybridized carbons (Fsp3) is 0.0952. The lowest BCUT2D eigenvalue weighted by atomic mass is 10.1. The van der Waals surface area contributed by atoms with Crippen molar-refractivity contribution in [2.75, 3.05) is 12.3 Å². The summed E-state index contributed by atoms with van der Waals surface area (Å²) in [7, 11) is 0. The standard InChI is InChI=1S/C21H20N8O/c22-19(23)16-10-26-17-6-1-12(9-15(16)17)7-8-25-20(30)14-4-2-13(3-5-14)18-11-27-21(24)29-28-18/h1-6,9-11,26H,7-8H2,(H3,22,23)(H,25,30)(H2,24,27,29). The molecule has 0 unspecified atom stereocenters. The fourth-order valence-electron chi connectivity index (χ4n) is 3.18. The van der Waals surface area contributed by atoms with Gasteiger partial charge in [0.2, 0.25) is 5.95 Å². The number of fused-ring (bicyclic) bond motifs is 1. The number of anilines is 1.